The Labute approximate surface area is 526 Å². The number of ether oxygens (including phenoxy) is 2. The molecule has 1 heterocycles. The van der Waals surface area contributed by atoms with Crippen LogP contribution in [0.25, 0.3) is 0 Å². The Kier molecular flexibility index (Phi) is 59.2. The van der Waals surface area contributed by atoms with Gasteiger partial charge in [-0.1, -0.05) is 294 Å². The van der Waals surface area contributed by atoms with Gasteiger partial charge < -0.3 is 40.3 Å². The molecule has 1 amide bonds. The third-order valence-electron chi connectivity index (χ3n) is 15.3. The zero-order valence-corrected chi connectivity index (χ0v) is 54.5. The average molecular weight is 1190 g/mol. The van der Waals surface area contributed by atoms with Gasteiger partial charge >= 0.3 is 0 Å². The van der Waals surface area contributed by atoms with Gasteiger partial charge in [-0.3, -0.25) is 4.79 Å². The fourth-order valence-electron chi connectivity index (χ4n) is 9.92. The van der Waals surface area contributed by atoms with Crippen molar-refractivity contribution in [1.82, 2.24) is 5.32 Å². The summed E-state index contributed by atoms with van der Waals surface area (Å²) in [4.78, 5) is 13.1. The van der Waals surface area contributed by atoms with Crippen LogP contribution in [0.5, 0.6) is 0 Å². The normalized spacial score (nSPS) is 19.1. The third-order valence-corrected chi connectivity index (χ3v) is 15.3. The van der Waals surface area contributed by atoms with E-state index in [1.807, 2.05) is 6.08 Å². The van der Waals surface area contributed by atoms with Crippen LogP contribution in [0.3, 0.4) is 0 Å². The number of allylic oxidation sites excluding steroid dienone is 25. The minimum atomic E-state index is -1.58. The van der Waals surface area contributed by atoms with Crippen molar-refractivity contribution in [3.8, 4) is 0 Å². The van der Waals surface area contributed by atoms with Gasteiger partial charge in [-0.05, 0) is 122 Å². The lowest BCUT2D eigenvalue weighted by atomic mass is 9.99. The Morgan fingerprint density at radius 3 is 1.12 bits per heavy atom. The molecule has 0 bridgehead atoms. The largest absolute Gasteiger partial charge is 0.394 e. The van der Waals surface area contributed by atoms with Gasteiger partial charge in [0.1, 0.15) is 24.4 Å². The van der Waals surface area contributed by atoms with E-state index in [0.29, 0.717) is 6.42 Å². The van der Waals surface area contributed by atoms with Crippen LogP contribution in [0.15, 0.2) is 158 Å². The number of aliphatic hydroxyl groups excluding tert-OH is 5. The topological polar surface area (TPSA) is 149 Å². The van der Waals surface area contributed by atoms with Gasteiger partial charge in [-0.25, -0.2) is 0 Å². The molecule has 1 saturated heterocycles. The van der Waals surface area contributed by atoms with Gasteiger partial charge in [0.05, 0.1) is 25.4 Å². The second kappa shape index (κ2) is 63.8. The fraction of sp³-hybridized carbons (Fsp3) is 0.649. The highest BCUT2D eigenvalue weighted by atomic mass is 16.7. The molecule has 488 valence electrons. The molecule has 1 aliphatic rings. The van der Waals surface area contributed by atoms with Crippen LogP contribution < -0.4 is 5.32 Å². The predicted molar refractivity (Wildman–Crippen MR) is 368 cm³/mol. The molecular weight excluding hydrogens is 1070 g/mol. The summed E-state index contributed by atoms with van der Waals surface area (Å²) in [7, 11) is 0. The first kappa shape index (κ1) is 79.8. The maximum atomic E-state index is 13.1. The zero-order valence-electron chi connectivity index (χ0n) is 54.5. The highest BCUT2D eigenvalue weighted by molar-refractivity contribution is 5.76. The standard InChI is InChI=1S/C77H127NO8/c1-3-5-7-9-11-13-15-17-19-21-23-25-27-28-29-30-31-32-33-34-35-36-37-38-39-40-41-42-43-44-45-47-49-51-53-55-57-59-61-63-65-67-73(81)78-70(69-85-77-76(84)75(83)74(82)72(68-79)86-77)71(80)66-64-62-60-58-56-54-52-50-48-46-26-24-22-20-18-16-14-12-10-8-6-4-2/h5,7,11,13,17,19,23,25,28-29,31-32,34-35,37-38,40-41,43-44,48,50,56,58,64,66,70-72,74-77,79-80,82-84H,3-4,6,8-10,12,14-16,18,20-22,24,26-27,30,33,36,39,42,45-47,49,51-55,57,59-63,65,67-69H2,1-2H3,(H,78,81)/b7-5-,13-11-,19-17-,25-23-,29-28-,32-31-,35-34-,38-37-,41-40-,44-43-,50-48+,58-56+,66-64+. The number of hydrogen-bond acceptors (Lipinski definition) is 8. The van der Waals surface area contributed by atoms with Gasteiger partial charge in [0.25, 0.3) is 0 Å². The molecule has 0 aromatic carbocycles. The SMILES string of the molecule is CC/C=C\C/C=C\C/C=C\C/C=C\C/C=C\C/C=C\C/C=C\C/C=C\C/C=C\C/C=C\CCCCCCCCCCCCC(=O)NC(COC1OC(CO)C(O)C(O)C1O)C(O)/C=C/CC/C=C/CC/C=C/CCCCCCCCCCCCCC. The minimum Gasteiger partial charge on any atom is -0.394 e. The highest BCUT2D eigenvalue weighted by Gasteiger charge is 2.44. The molecule has 1 aliphatic heterocycles. The summed E-state index contributed by atoms with van der Waals surface area (Å²) < 4.78 is 11.3. The fourth-order valence-corrected chi connectivity index (χ4v) is 9.92. The van der Waals surface area contributed by atoms with Crippen LogP contribution in [-0.2, 0) is 14.3 Å². The quantitative estimate of drug-likeness (QED) is 0.0261. The Hall–Kier alpha value is -4.19. The van der Waals surface area contributed by atoms with Crippen LogP contribution in [0.4, 0.5) is 0 Å². The van der Waals surface area contributed by atoms with Crippen molar-refractivity contribution in [2.45, 2.75) is 307 Å². The van der Waals surface area contributed by atoms with Crippen molar-refractivity contribution in [3.05, 3.63) is 158 Å². The summed E-state index contributed by atoms with van der Waals surface area (Å²) in [5.74, 6) is -0.201. The smallest absolute Gasteiger partial charge is 0.220 e. The summed E-state index contributed by atoms with van der Waals surface area (Å²) in [5.41, 5.74) is 0. The molecule has 1 fully saturated rings. The van der Waals surface area contributed by atoms with Crippen molar-refractivity contribution in [1.29, 1.82) is 0 Å². The molecule has 9 nitrogen and oxygen atoms in total. The van der Waals surface area contributed by atoms with E-state index in [1.54, 1.807) is 6.08 Å². The minimum absolute atomic E-state index is 0.201. The Morgan fingerprint density at radius 1 is 0.407 bits per heavy atom. The average Bonchev–Trinajstić information content (AvgIpc) is 2.36. The van der Waals surface area contributed by atoms with Crippen molar-refractivity contribution in [2.24, 2.45) is 0 Å². The molecule has 9 heteroatoms. The lowest BCUT2D eigenvalue weighted by Crippen LogP contribution is -2.60. The Balaban J connectivity index is 2.18. The van der Waals surface area contributed by atoms with E-state index >= 15 is 0 Å². The molecule has 0 radical (unpaired) electrons. The van der Waals surface area contributed by atoms with E-state index in [9.17, 15) is 30.3 Å². The molecule has 0 aliphatic carbocycles. The molecule has 6 N–H and O–H groups in total. The van der Waals surface area contributed by atoms with Crippen molar-refractivity contribution in [2.75, 3.05) is 13.2 Å². The van der Waals surface area contributed by atoms with Crippen LogP contribution >= 0.6 is 0 Å². The summed E-state index contributed by atoms with van der Waals surface area (Å²) in [6, 6.07) is -0.843. The van der Waals surface area contributed by atoms with Crippen LogP contribution in [0.1, 0.15) is 264 Å². The van der Waals surface area contributed by atoms with Gasteiger partial charge in [0.2, 0.25) is 5.91 Å². The molecule has 7 unspecified atom stereocenters. The molecule has 0 spiro atoms. The summed E-state index contributed by atoms with van der Waals surface area (Å²) in [5, 5.41) is 54.7. The lowest BCUT2D eigenvalue weighted by Gasteiger charge is -2.40. The van der Waals surface area contributed by atoms with E-state index in [0.717, 1.165) is 128 Å². The second-order valence-electron chi connectivity index (χ2n) is 23.2. The first-order valence-corrected chi connectivity index (χ1v) is 34.7. The number of carbonyl (C=O) groups excluding carboxylic acids is 1. The third kappa shape index (κ3) is 51.8. The number of unbranched alkanes of at least 4 members (excludes halogenated alkanes) is 24. The maximum absolute atomic E-state index is 13.1. The monoisotopic (exact) mass is 1190 g/mol. The molecule has 86 heavy (non-hydrogen) atoms. The zero-order chi connectivity index (χ0) is 62.1. The van der Waals surface area contributed by atoms with Gasteiger partial charge in [-0.15, -0.1) is 0 Å². The second-order valence-corrected chi connectivity index (χ2v) is 23.2. The van der Waals surface area contributed by atoms with Gasteiger partial charge in [0, 0.05) is 6.42 Å². The maximum Gasteiger partial charge on any atom is 0.220 e. The first-order valence-electron chi connectivity index (χ1n) is 34.7. The molecule has 1 rings (SSSR count). The van der Waals surface area contributed by atoms with Gasteiger partial charge in [-0.2, -0.15) is 0 Å². The van der Waals surface area contributed by atoms with Crippen molar-refractivity contribution < 1.29 is 39.8 Å². The number of rotatable bonds is 58. The van der Waals surface area contributed by atoms with Gasteiger partial charge in [0.15, 0.2) is 6.29 Å². The van der Waals surface area contributed by atoms with Crippen molar-refractivity contribution in [3.63, 3.8) is 0 Å². The predicted octanol–water partition coefficient (Wildman–Crippen LogP) is 19.1. The number of aliphatic hydroxyl groups is 5. The number of hydrogen-bond donors (Lipinski definition) is 6. The van der Waals surface area contributed by atoms with E-state index < -0.39 is 49.5 Å². The van der Waals surface area contributed by atoms with E-state index in [4.69, 9.17) is 9.47 Å². The molecule has 0 aromatic rings. The summed E-state index contributed by atoms with van der Waals surface area (Å²) >= 11 is 0. The van der Waals surface area contributed by atoms with Crippen LogP contribution in [0, 0.1) is 0 Å². The van der Waals surface area contributed by atoms with E-state index in [2.05, 4.69) is 165 Å². The van der Waals surface area contributed by atoms with Crippen LogP contribution in [-0.4, -0.2) is 87.5 Å². The number of nitrogens with one attached hydrogen (secondary N) is 1. The Morgan fingerprint density at radius 2 is 0.733 bits per heavy atom. The highest BCUT2D eigenvalue weighted by Crippen LogP contribution is 2.23. The number of amides is 1. The van der Waals surface area contributed by atoms with E-state index in [-0.39, 0.29) is 12.5 Å². The number of carbonyl (C=O) groups is 1. The molecular formula is C77H127NO8. The summed E-state index contributed by atoms with van der Waals surface area (Å²) in [6.45, 7) is 3.64. The molecule has 0 aromatic heterocycles. The van der Waals surface area contributed by atoms with E-state index in [1.165, 1.54) is 116 Å². The first-order chi connectivity index (χ1) is 42.3. The molecule has 0 saturated carbocycles. The lowest BCUT2D eigenvalue weighted by molar-refractivity contribution is -0.302. The molecule has 7 atom stereocenters. The summed E-state index contributed by atoms with van der Waals surface area (Å²) in [6.07, 6.45) is 93.3. The van der Waals surface area contributed by atoms with Crippen LogP contribution in [0.2, 0.25) is 0 Å². The van der Waals surface area contributed by atoms with Crippen molar-refractivity contribution >= 4 is 5.91 Å². The Bertz CT molecular complexity index is 1920.